The average Bonchev–Trinajstić information content (AvgIpc) is 2.18. The highest BCUT2D eigenvalue weighted by atomic mass is 19.3. The highest BCUT2D eigenvalue weighted by molar-refractivity contribution is 5.19. The molecule has 1 aromatic rings. The first kappa shape index (κ1) is 12.0. The molecule has 1 nitrogen and oxygen atoms in total. The molecule has 0 heterocycles. The number of benzene rings is 1. The molecule has 15 heavy (non-hydrogen) atoms. The smallest absolute Gasteiger partial charge is 0.250 e. The molecule has 84 valence electrons. The summed E-state index contributed by atoms with van der Waals surface area (Å²) in [5.74, 6) is -0.343. The maximum absolute atomic E-state index is 12.9. The van der Waals surface area contributed by atoms with Crippen LogP contribution in [0.15, 0.2) is 24.3 Å². The summed E-state index contributed by atoms with van der Waals surface area (Å²) in [6.45, 7) is 1.50. The van der Waals surface area contributed by atoms with Crippen LogP contribution in [0.5, 0.6) is 0 Å². The lowest BCUT2D eigenvalue weighted by Crippen LogP contribution is -2.26. The maximum Gasteiger partial charge on any atom is 0.250 e. The Bertz CT molecular complexity index is 302. The van der Waals surface area contributed by atoms with Gasteiger partial charge in [-0.3, -0.25) is 0 Å². The van der Waals surface area contributed by atoms with E-state index in [2.05, 4.69) is 5.32 Å². The summed E-state index contributed by atoms with van der Waals surface area (Å²) in [5, 5.41) is 2.70. The van der Waals surface area contributed by atoms with Gasteiger partial charge in [-0.2, -0.15) is 0 Å². The molecule has 0 bridgehead atoms. The molecule has 1 atom stereocenters. The van der Waals surface area contributed by atoms with Crippen LogP contribution in [0, 0.1) is 5.82 Å². The Kier molecular flexibility index (Phi) is 4.62. The van der Waals surface area contributed by atoms with E-state index in [0.717, 1.165) is 0 Å². The van der Waals surface area contributed by atoms with Gasteiger partial charge < -0.3 is 5.32 Å². The van der Waals surface area contributed by atoms with Gasteiger partial charge in [-0.1, -0.05) is 19.1 Å². The highest BCUT2D eigenvalue weighted by Gasteiger charge is 2.11. The number of rotatable bonds is 5. The molecule has 1 rings (SSSR count). The van der Waals surface area contributed by atoms with Crippen molar-refractivity contribution in [3.63, 3.8) is 0 Å². The van der Waals surface area contributed by atoms with Crippen LogP contribution in [0.2, 0.25) is 0 Å². The van der Waals surface area contributed by atoms with Gasteiger partial charge >= 0.3 is 0 Å². The second-order valence-electron chi connectivity index (χ2n) is 3.32. The second-order valence-corrected chi connectivity index (χ2v) is 3.32. The van der Waals surface area contributed by atoms with E-state index in [9.17, 15) is 13.2 Å². The van der Waals surface area contributed by atoms with Crippen LogP contribution < -0.4 is 5.32 Å². The quantitative estimate of drug-likeness (QED) is 0.799. The Morgan fingerprint density at radius 2 is 2.07 bits per heavy atom. The van der Waals surface area contributed by atoms with Gasteiger partial charge in [0, 0.05) is 6.04 Å². The summed E-state index contributed by atoms with van der Waals surface area (Å²) < 4.78 is 36.9. The molecule has 0 aliphatic heterocycles. The van der Waals surface area contributed by atoms with Crippen molar-refractivity contribution in [3.8, 4) is 0 Å². The molecule has 1 aromatic carbocycles. The van der Waals surface area contributed by atoms with E-state index in [0.29, 0.717) is 12.0 Å². The first-order valence-electron chi connectivity index (χ1n) is 4.90. The molecule has 4 heteroatoms. The molecule has 0 radical (unpaired) electrons. The summed E-state index contributed by atoms with van der Waals surface area (Å²) >= 11 is 0. The minimum absolute atomic E-state index is 0.213. The van der Waals surface area contributed by atoms with Gasteiger partial charge in [0.2, 0.25) is 0 Å². The minimum atomic E-state index is -2.38. The van der Waals surface area contributed by atoms with Gasteiger partial charge in [0.15, 0.2) is 0 Å². The van der Waals surface area contributed by atoms with Crippen molar-refractivity contribution < 1.29 is 13.2 Å². The molecule has 0 saturated heterocycles. The fourth-order valence-electron chi connectivity index (χ4n) is 1.45. The monoisotopic (exact) mass is 217 g/mol. The molecule has 0 aromatic heterocycles. The summed E-state index contributed by atoms with van der Waals surface area (Å²) in [4.78, 5) is 0. The number of nitrogens with one attached hydrogen (secondary N) is 1. The second kappa shape index (κ2) is 5.75. The standard InChI is InChI=1S/C11H14F3N/c1-2-10(15-7-11(13)14)8-4-3-5-9(12)6-8/h3-6,10-11,15H,2,7H2,1H3. The molecule has 1 N–H and O–H groups in total. The Balaban J connectivity index is 2.65. The molecular formula is C11H14F3N. The molecule has 1 unspecified atom stereocenters. The molecular weight excluding hydrogens is 203 g/mol. The van der Waals surface area contributed by atoms with Crippen LogP contribution in [0.3, 0.4) is 0 Å². The van der Waals surface area contributed by atoms with Crippen LogP contribution in [-0.4, -0.2) is 13.0 Å². The topological polar surface area (TPSA) is 12.0 Å². The predicted molar refractivity (Wildman–Crippen MR) is 53.4 cm³/mol. The van der Waals surface area contributed by atoms with Crippen molar-refractivity contribution in [3.05, 3.63) is 35.6 Å². The average molecular weight is 217 g/mol. The lowest BCUT2D eigenvalue weighted by atomic mass is 10.0. The highest BCUT2D eigenvalue weighted by Crippen LogP contribution is 2.17. The van der Waals surface area contributed by atoms with Crippen molar-refractivity contribution in [2.24, 2.45) is 0 Å². The number of hydrogen-bond donors (Lipinski definition) is 1. The van der Waals surface area contributed by atoms with Crippen molar-refractivity contribution in [1.82, 2.24) is 5.32 Å². The van der Waals surface area contributed by atoms with E-state index in [1.807, 2.05) is 6.92 Å². The normalized spacial score (nSPS) is 13.1. The van der Waals surface area contributed by atoms with Gasteiger partial charge in [-0.15, -0.1) is 0 Å². The molecule has 0 aliphatic rings. The fourth-order valence-corrected chi connectivity index (χ4v) is 1.45. The zero-order chi connectivity index (χ0) is 11.3. The SMILES string of the molecule is CCC(NCC(F)F)c1cccc(F)c1. The Morgan fingerprint density at radius 1 is 1.33 bits per heavy atom. The van der Waals surface area contributed by atoms with Gasteiger partial charge in [0.05, 0.1) is 6.54 Å². The summed E-state index contributed by atoms with van der Waals surface area (Å²) in [5.41, 5.74) is 0.707. The van der Waals surface area contributed by atoms with Gasteiger partial charge in [0.1, 0.15) is 5.82 Å². The molecule has 0 fully saturated rings. The first-order valence-corrected chi connectivity index (χ1v) is 4.90. The van der Waals surface area contributed by atoms with E-state index < -0.39 is 6.43 Å². The third-order valence-electron chi connectivity index (χ3n) is 2.18. The number of hydrogen-bond acceptors (Lipinski definition) is 1. The van der Waals surface area contributed by atoms with Crippen molar-refractivity contribution in [2.75, 3.05) is 6.54 Å². The van der Waals surface area contributed by atoms with E-state index in [4.69, 9.17) is 0 Å². The van der Waals surface area contributed by atoms with Crippen molar-refractivity contribution >= 4 is 0 Å². The van der Waals surface area contributed by atoms with Crippen LogP contribution >= 0.6 is 0 Å². The summed E-state index contributed by atoms with van der Waals surface area (Å²) in [6.07, 6.45) is -1.73. The van der Waals surface area contributed by atoms with Crippen LogP contribution in [0.25, 0.3) is 0 Å². The fraction of sp³-hybridized carbons (Fsp3) is 0.455. The van der Waals surface area contributed by atoms with Crippen LogP contribution in [-0.2, 0) is 0 Å². The van der Waals surface area contributed by atoms with Gasteiger partial charge in [0.25, 0.3) is 6.43 Å². The Hall–Kier alpha value is -1.03. The van der Waals surface area contributed by atoms with Crippen LogP contribution in [0.1, 0.15) is 24.9 Å². The van der Waals surface area contributed by atoms with Gasteiger partial charge in [-0.25, -0.2) is 13.2 Å². The lowest BCUT2D eigenvalue weighted by Gasteiger charge is -2.17. The zero-order valence-electron chi connectivity index (χ0n) is 8.51. The van der Waals surface area contributed by atoms with E-state index >= 15 is 0 Å². The molecule has 0 spiro atoms. The Morgan fingerprint density at radius 3 is 2.60 bits per heavy atom. The first-order chi connectivity index (χ1) is 7.13. The third kappa shape index (κ3) is 3.91. The minimum Gasteiger partial charge on any atom is -0.305 e. The summed E-state index contributed by atoms with van der Waals surface area (Å²) in [6, 6.07) is 5.80. The summed E-state index contributed by atoms with van der Waals surface area (Å²) in [7, 11) is 0. The predicted octanol–water partition coefficient (Wildman–Crippen LogP) is 3.13. The lowest BCUT2D eigenvalue weighted by molar-refractivity contribution is 0.141. The molecule has 0 saturated carbocycles. The Labute approximate surface area is 87.3 Å². The maximum atomic E-state index is 12.9. The van der Waals surface area contributed by atoms with Gasteiger partial charge in [-0.05, 0) is 24.1 Å². The van der Waals surface area contributed by atoms with E-state index in [-0.39, 0.29) is 18.4 Å². The molecule has 0 aliphatic carbocycles. The zero-order valence-corrected chi connectivity index (χ0v) is 8.51. The van der Waals surface area contributed by atoms with Crippen molar-refractivity contribution in [1.29, 1.82) is 0 Å². The largest absolute Gasteiger partial charge is 0.305 e. The van der Waals surface area contributed by atoms with Crippen molar-refractivity contribution in [2.45, 2.75) is 25.8 Å². The number of halogens is 3. The number of alkyl halides is 2. The third-order valence-corrected chi connectivity index (χ3v) is 2.18. The molecule has 0 amide bonds. The van der Waals surface area contributed by atoms with E-state index in [1.165, 1.54) is 12.1 Å². The van der Waals surface area contributed by atoms with E-state index in [1.54, 1.807) is 12.1 Å². The van der Waals surface area contributed by atoms with Crippen LogP contribution in [0.4, 0.5) is 13.2 Å².